The number of rotatable bonds is 9. The fourth-order valence-electron chi connectivity index (χ4n) is 1.96. The van der Waals surface area contributed by atoms with Crippen molar-refractivity contribution in [2.75, 3.05) is 18.1 Å². The van der Waals surface area contributed by atoms with E-state index < -0.39 is 0 Å². The van der Waals surface area contributed by atoms with E-state index in [0.29, 0.717) is 5.41 Å². The zero-order chi connectivity index (χ0) is 11.7. The predicted molar refractivity (Wildman–Crippen MR) is 73.5 cm³/mol. The summed E-state index contributed by atoms with van der Waals surface area (Å²) in [5.41, 5.74) is 5.98. The van der Waals surface area contributed by atoms with Crippen molar-refractivity contribution in [2.24, 2.45) is 17.1 Å². The average Bonchev–Trinajstić information content (AvgIpc) is 2.17. The molecule has 2 N–H and O–H groups in total. The third-order valence-electron chi connectivity index (χ3n) is 3.42. The van der Waals surface area contributed by atoms with Gasteiger partial charge in [-0.2, -0.15) is 11.8 Å². The van der Waals surface area contributed by atoms with Crippen molar-refractivity contribution >= 4 is 11.8 Å². The van der Waals surface area contributed by atoms with Gasteiger partial charge in [0.1, 0.15) is 0 Å². The Hall–Kier alpha value is 0.310. The lowest BCUT2D eigenvalue weighted by atomic mass is 9.74. The smallest absolute Gasteiger partial charge is 0.00558 e. The number of hydrogen-bond donors (Lipinski definition) is 1. The summed E-state index contributed by atoms with van der Waals surface area (Å²) in [5.74, 6) is 3.24. The maximum atomic E-state index is 5.46. The van der Waals surface area contributed by atoms with Gasteiger partial charge in [-0.3, -0.25) is 0 Å². The third kappa shape index (κ3) is 7.24. The summed E-state index contributed by atoms with van der Waals surface area (Å²) in [6.07, 6.45) is 5.37. The van der Waals surface area contributed by atoms with Gasteiger partial charge in [-0.15, -0.1) is 0 Å². The van der Waals surface area contributed by atoms with Gasteiger partial charge in [0.2, 0.25) is 0 Å². The molecule has 0 aromatic heterocycles. The molecule has 92 valence electrons. The molecular formula is C13H29NS. The van der Waals surface area contributed by atoms with E-state index in [1.165, 1.54) is 31.4 Å². The molecule has 0 rings (SSSR count). The molecule has 0 aliphatic heterocycles. The fraction of sp³-hybridized carbons (Fsp3) is 1.00. The first-order chi connectivity index (χ1) is 7.04. The summed E-state index contributed by atoms with van der Waals surface area (Å²) in [7, 11) is 0. The predicted octanol–water partition coefficient (Wildman–Crippen LogP) is 3.92. The minimum Gasteiger partial charge on any atom is -0.330 e. The van der Waals surface area contributed by atoms with Crippen LogP contribution in [0.1, 0.15) is 53.4 Å². The zero-order valence-electron chi connectivity index (χ0n) is 11.0. The van der Waals surface area contributed by atoms with Crippen LogP contribution in [0.15, 0.2) is 0 Å². The molecule has 0 amide bonds. The fourth-order valence-corrected chi connectivity index (χ4v) is 2.70. The van der Waals surface area contributed by atoms with E-state index >= 15 is 0 Å². The molecule has 0 aliphatic rings. The van der Waals surface area contributed by atoms with Crippen LogP contribution in [0.3, 0.4) is 0 Å². The van der Waals surface area contributed by atoms with Gasteiger partial charge in [0, 0.05) is 12.3 Å². The molecule has 2 heteroatoms. The van der Waals surface area contributed by atoms with Crippen LogP contribution in [0.4, 0.5) is 0 Å². The largest absolute Gasteiger partial charge is 0.330 e. The van der Waals surface area contributed by atoms with Crippen molar-refractivity contribution in [3.05, 3.63) is 0 Å². The highest BCUT2D eigenvalue weighted by Gasteiger charge is 2.23. The second kappa shape index (κ2) is 8.46. The van der Waals surface area contributed by atoms with Crippen molar-refractivity contribution in [3.63, 3.8) is 0 Å². The number of nitrogens with two attached hydrogens (primary N) is 1. The van der Waals surface area contributed by atoms with E-state index in [9.17, 15) is 0 Å². The van der Waals surface area contributed by atoms with Crippen LogP contribution in [0, 0.1) is 11.3 Å². The Morgan fingerprint density at radius 3 is 2.47 bits per heavy atom. The highest BCUT2D eigenvalue weighted by molar-refractivity contribution is 7.99. The monoisotopic (exact) mass is 231 g/mol. The van der Waals surface area contributed by atoms with Gasteiger partial charge in [-0.25, -0.2) is 0 Å². The Labute approximate surface area is 101 Å². The molecule has 15 heavy (non-hydrogen) atoms. The highest BCUT2D eigenvalue weighted by atomic mass is 32.2. The molecule has 0 saturated heterocycles. The Morgan fingerprint density at radius 1 is 1.27 bits per heavy atom. The second-order valence-electron chi connectivity index (χ2n) is 5.18. The van der Waals surface area contributed by atoms with Crippen molar-refractivity contribution in [1.29, 1.82) is 0 Å². The van der Waals surface area contributed by atoms with Crippen molar-refractivity contribution < 1.29 is 0 Å². The number of thioether (sulfide) groups is 1. The first-order valence-electron chi connectivity index (χ1n) is 6.32. The standard InChI is InChI=1S/C13H29NS/c1-5-8-13(3,4)12(2)7-6-10-15-11-9-14/h12H,5-11,14H2,1-4H3. The molecule has 1 unspecified atom stereocenters. The molecule has 0 aliphatic carbocycles. The van der Waals surface area contributed by atoms with Crippen LogP contribution in [0.2, 0.25) is 0 Å². The quantitative estimate of drug-likeness (QED) is 0.609. The molecule has 0 radical (unpaired) electrons. The van der Waals surface area contributed by atoms with E-state index in [0.717, 1.165) is 18.2 Å². The maximum absolute atomic E-state index is 5.46. The van der Waals surface area contributed by atoms with Crippen LogP contribution in [-0.2, 0) is 0 Å². The molecule has 1 nitrogen and oxygen atoms in total. The Kier molecular flexibility index (Phi) is 8.64. The lowest BCUT2D eigenvalue weighted by molar-refractivity contribution is 0.198. The lowest BCUT2D eigenvalue weighted by Crippen LogP contribution is -2.21. The van der Waals surface area contributed by atoms with Crippen molar-refractivity contribution in [3.8, 4) is 0 Å². The Balaban J connectivity index is 3.58. The molecule has 0 fully saturated rings. The van der Waals surface area contributed by atoms with Crippen LogP contribution in [0.5, 0.6) is 0 Å². The zero-order valence-corrected chi connectivity index (χ0v) is 11.8. The minimum atomic E-state index is 0.521. The van der Waals surface area contributed by atoms with Crippen LogP contribution in [-0.4, -0.2) is 18.1 Å². The van der Waals surface area contributed by atoms with E-state index in [-0.39, 0.29) is 0 Å². The first-order valence-corrected chi connectivity index (χ1v) is 7.48. The van der Waals surface area contributed by atoms with Crippen LogP contribution < -0.4 is 5.73 Å². The van der Waals surface area contributed by atoms with Gasteiger partial charge in [0.25, 0.3) is 0 Å². The summed E-state index contributed by atoms with van der Waals surface area (Å²) in [5, 5.41) is 0. The minimum absolute atomic E-state index is 0.521. The summed E-state index contributed by atoms with van der Waals surface area (Å²) >= 11 is 1.99. The van der Waals surface area contributed by atoms with Crippen molar-refractivity contribution in [1.82, 2.24) is 0 Å². The molecule has 0 spiro atoms. The highest BCUT2D eigenvalue weighted by Crippen LogP contribution is 2.34. The molecule has 0 bridgehead atoms. The van der Waals surface area contributed by atoms with Crippen LogP contribution in [0.25, 0.3) is 0 Å². The Bertz CT molecular complexity index is 145. The summed E-state index contributed by atoms with van der Waals surface area (Å²) in [6, 6.07) is 0. The van der Waals surface area contributed by atoms with Crippen LogP contribution >= 0.6 is 11.8 Å². The van der Waals surface area contributed by atoms with E-state index in [4.69, 9.17) is 5.73 Å². The molecule has 0 heterocycles. The normalized spacial score (nSPS) is 14.2. The summed E-state index contributed by atoms with van der Waals surface area (Å²) < 4.78 is 0. The second-order valence-corrected chi connectivity index (χ2v) is 6.41. The topological polar surface area (TPSA) is 26.0 Å². The number of hydrogen-bond acceptors (Lipinski definition) is 2. The first kappa shape index (κ1) is 15.3. The van der Waals surface area contributed by atoms with Gasteiger partial charge >= 0.3 is 0 Å². The van der Waals surface area contributed by atoms with Gasteiger partial charge in [0.05, 0.1) is 0 Å². The SMILES string of the molecule is CCCC(C)(C)C(C)CCCSCCN. The third-order valence-corrected chi connectivity index (χ3v) is 4.52. The summed E-state index contributed by atoms with van der Waals surface area (Å²) in [4.78, 5) is 0. The Morgan fingerprint density at radius 2 is 1.93 bits per heavy atom. The molecule has 1 atom stereocenters. The maximum Gasteiger partial charge on any atom is 0.00558 e. The van der Waals surface area contributed by atoms with E-state index in [2.05, 4.69) is 27.7 Å². The molecule has 0 saturated carbocycles. The van der Waals surface area contributed by atoms with Gasteiger partial charge in [-0.1, -0.05) is 34.1 Å². The summed E-state index contributed by atoms with van der Waals surface area (Å²) in [6.45, 7) is 10.3. The van der Waals surface area contributed by atoms with E-state index in [1.54, 1.807) is 0 Å². The van der Waals surface area contributed by atoms with Gasteiger partial charge < -0.3 is 5.73 Å². The van der Waals surface area contributed by atoms with E-state index in [1.807, 2.05) is 11.8 Å². The van der Waals surface area contributed by atoms with Gasteiger partial charge in [-0.05, 0) is 36.3 Å². The average molecular weight is 231 g/mol. The lowest BCUT2D eigenvalue weighted by Gasteiger charge is -2.31. The van der Waals surface area contributed by atoms with Crippen molar-refractivity contribution in [2.45, 2.75) is 53.4 Å². The van der Waals surface area contributed by atoms with Gasteiger partial charge in [0.15, 0.2) is 0 Å². The molecule has 0 aromatic carbocycles. The molecular weight excluding hydrogens is 202 g/mol. The molecule has 0 aromatic rings.